The highest BCUT2D eigenvalue weighted by molar-refractivity contribution is 7.09. The van der Waals surface area contributed by atoms with Crippen molar-refractivity contribution in [2.24, 2.45) is 0 Å². The number of alkyl halides is 3. The van der Waals surface area contributed by atoms with Crippen molar-refractivity contribution in [3.63, 3.8) is 0 Å². The summed E-state index contributed by atoms with van der Waals surface area (Å²) >= 11 is 1.49. The van der Waals surface area contributed by atoms with E-state index in [1.54, 1.807) is 5.38 Å². The molecule has 0 unspecified atom stereocenters. The van der Waals surface area contributed by atoms with Crippen molar-refractivity contribution in [1.82, 2.24) is 10.3 Å². The fourth-order valence-corrected chi connectivity index (χ4v) is 2.90. The van der Waals surface area contributed by atoms with E-state index in [1.807, 2.05) is 6.92 Å². The van der Waals surface area contributed by atoms with Gasteiger partial charge in [0.15, 0.2) is 0 Å². The first-order chi connectivity index (χ1) is 12.3. The molecule has 1 aromatic heterocycles. The van der Waals surface area contributed by atoms with Gasteiger partial charge < -0.3 is 10.1 Å². The van der Waals surface area contributed by atoms with E-state index >= 15 is 0 Å². The highest BCUT2D eigenvalue weighted by Crippen LogP contribution is 2.29. The number of halogens is 3. The fourth-order valence-electron chi connectivity index (χ4n) is 2.01. The minimum atomic E-state index is -4.47. The van der Waals surface area contributed by atoms with E-state index < -0.39 is 23.6 Å². The zero-order chi connectivity index (χ0) is 19.2. The van der Waals surface area contributed by atoms with Crippen LogP contribution in [0, 0.1) is 0 Å². The summed E-state index contributed by atoms with van der Waals surface area (Å²) in [4.78, 5) is 27.8. The number of aromatic nitrogens is 1. The van der Waals surface area contributed by atoms with Crippen LogP contribution in [0.1, 0.15) is 40.0 Å². The molecule has 1 aromatic carbocycles. The Morgan fingerprint density at radius 2 is 1.92 bits per heavy atom. The molecule has 0 aliphatic carbocycles. The molecule has 1 heterocycles. The number of benzene rings is 1. The summed E-state index contributed by atoms with van der Waals surface area (Å²) in [5.74, 6) is -1.31. The largest absolute Gasteiger partial charge is 0.458 e. The van der Waals surface area contributed by atoms with Gasteiger partial charge in [0.2, 0.25) is 0 Å². The lowest BCUT2D eigenvalue weighted by molar-refractivity contribution is -0.143. The van der Waals surface area contributed by atoms with E-state index in [0.717, 1.165) is 42.1 Å². The average Bonchev–Trinajstić information content (AvgIpc) is 3.05. The Balaban J connectivity index is 1.78. The molecule has 9 heteroatoms. The maximum atomic E-state index is 12.5. The van der Waals surface area contributed by atoms with Crippen molar-refractivity contribution >= 4 is 23.2 Å². The molecule has 2 aromatic rings. The Bertz CT molecular complexity index is 757. The van der Waals surface area contributed by atoms with E-state index in [-0.39, 0.29) is 18.7 Å². The first kappa shape index (κ1) is 19.9. The Labute approximate surface area is 152 Å². The highest BCUT2D eigenvalue weighted by atomic mass is 32.1. The third-order valence-electron chi connectivity index (χ3n) is 3.31. The molecule has 0 fully saturated rings. The Kier molecular flexibility index (Phi) is 6.73. The summed E-state index contributed by atoms with van der Waals surface area (Å²) in [5.41, 5.74) is -0.186. The normalized spacial score (nSPS) is 11.2. The molecule has 1 N–H and O–H groups in total. The first-order valence-electron chi connectivity index (χ1n) is 7.84. The van der Waals surface area contributed by atoms with Crippen LogP contribution in [-0.4, -0.2) is 23.4 Å². The summed E-state index contributed by atoms with van der Waals surface area (Å²) in [7, 11) is 0. The Hall–Kier alpha value is -2.42. The predicted octanol–water partition coefficient (Wildman–Crippen LogP) is 3.59. The number of aryl methyl sites for hydroxylation is 1. The second-order valence-electron chi connectivity index (χ2n) is 5.40. The van der Waals surface area contributed by atoms with Crippen LogP contribution in [0.5, 0.6) is 0 Å². The summed E-state index contributed by atoms with van der Waals surface area (Å²) in [5, 5.41) is 5.08. The van der Waals surface area contributed by atoms with Crippen LogP contribution in [0.15, 0.2) is 29.6 Å². The number of hydrogen-bond donors (Lipinski definition) is 1. The molecule has 140 valence electrons. The minimum Gasteiger partial charge on any atom is -0.458 e. The van der Waals surface area contributed by atoms with E-state index in [2.05, 4.69) is 10.3 Å². The minimum absolute atomic E-state index is 0.00912. The molecular formula is C17H17F3N2O3S. The molecular weight excluding hydrogens is 369 g/mol. The van der Waals surface area contributed by atoms with Gasteiger partial charge in [-0.15, -0.1) is 11.3 Å². The lowest BCUT2D eigenvalue weighted by atomic mass is 10.1. The molecule has 1 amide bonds. The molecule has 0 aliphatic heterocycles. The maximum Gasteiger partial charge on any atom is 0.416 e. The molecule has 5 nitrogen and oxygen atoms in total. The SMILES string of the molecule is CCCc1nc(COC(=O)CNC(=O)c2ccc(C(F)(F)F)cc2)cs1. The highest BCUT2D eigenvalue weighted by Gasteiger charge is 2.30. The van der Waals surface area contributed by atoms with Crippen LogP contribution in [0.4, 0.5) is 13.2 Å². The van der Waals surface area contributed by atoms with Crippen LogP contribution in [0.25, 0.3) is 0 Å². The van der Waals surface area contributed by atoms with E-state index in [1.165, 1.54) is 11.3 Å². The van der Waals surface area contributed by atoms with Crippen molar-refractivity contribution in [2.45, 2.75) is 32.5 Å². The lowest BCUT2D eigenvalue weighted by Gasteiger charge is -2.08. The first-order valence-corrected chi connectivity index (χ1v) is 8.72. The van der Waals surface area contributed by atoms with Crippen LogP contribution in [0.2, 0.25) is 0 Å². The van der Waals surface area contributed by atoms with Crippen LogP contribution < -0.4 is 5.32 Å². The number of amides is 1. The number of thiazole rings is 1. The molecule has 0 saturated heterocycles. The van der Waals surface area contributed by atoms with Crippen molar-refractivity contribution in [3.05, 3.63) is 51.5 Å². The molecule has 26 heavy (non-hydrogen) atoms. The van der Waals surface area contributed by atoms with Crippen LogP contribution >= 0.6 is 11.3 Å². The quantitative estimate of drug-likeness (QED) is 0.739. The standard InChI is InChI=1S/C17H17F3N2O3S/c1-2-3-14-22-13(10-26-14)9-25-15(23)8-21-16(24)11-4-6-12(7-5-11)17(18,19)20/h4-7,10H,2-3,8-9H2,1H3,(H,21,24). The van der Waals surface area contributed by atoms with Gasteiger partial charge in [0.1, 0.15) is 13.2 Å². The number of hydrogen-bond acceptors (Lipinski definition) is 5. The number of ether oxygens (including phenoxy) is 1. The molecule has 2 rings (SSSR count). The third-order valence-corrected chi connectivity index (χ3v) is 4.27. The zero-order valence-corrected chi connectivity index (χ0v) is 14.7. The molecule has 0 saturated carbocycles. The number of carbonyl (C=O) groups excluding carboxylic acids is 2. The van der Waals surface area contributed by atoms with Crippen molar-refractivity contribution < 1.29 is 27.5 Å². The number of nitrogens with one attached hydrogen (secondary N) is 1. The second kappa shape index (κ2) is 8.79. The topological polar surface area (TPSA) is 68.3 Å². The van der Waals surface area contributed by atoms with E-state index in [4.69, 9.17) is 4.74 Å². The van der Waals surface area contributed by atoms with Crippen LogP contribution in [-0.2, 0) is 28.7 Å². The molecule has 0 bridgehead atoms. The van der Waals surface area contributed by atoms with Gasteiger partial charge in [0, 0.05) is 10.9 Å². The molecule has 0 spiro atoms. The number of nitrogens with zero attached hydrogens (tertiary/aromatic N) is 1. The summed E-state index contributed by atoms with van der Waals surface area (Å²) < 4.78 is 42.4. The smallest absolute Gasteiger partial charge is 0.416 e. The van der Waals surface area contributed by atoms with Crippen molar-refractivity contribution in [3.8, 4) is 0 Å². The Morgan fingerprint density at radius 1 is 1.23 bits per heavy atom. The number of carbonyl (C=O) groups is 2. The van der Waals surface area contributed by atoms with Gasteiger partial charge in [-0.2, -0.15) is 13.2 Å². The zero-order valence-electron chi connectivity index (χ0n) is 13.9. The lowest BCUT2D eigenvalue weighted by Crippen LogP contribution is -2.30. The average molecular weight is 386 g/mol. The third kappa shape index (κ3) is 5.83. The molecule has 0 radical (unpaired) electrons. The van der Waals surface area contributed by atoms with Gasteiger partial charge in [-0.3, -0.25) is 9.59 Å². The Morgan fingerprint density at radius 3 is 2.54 bits per heavy atom. The van der Waals surface area contributed by atoms with Gasteiger partial charge in [0.25, 0.3) is 5.91 Å². The summed E-state index contributed by atoms with van der Waals surface area (Å²) in [6.45, 7) is 1.67. The van der Waals surface area contributed by atoms with Crippen LogP contribution in [0.3, 0.4) is 0 Å². The van der Waals surface area contributed by atoms with E-state index in [0.29, 0.717) is 5.69 Å². The number of esters is 1. The van der Waals surface area contributed by atoms with Crippen molar-refractivity contribution in [2.75, 3.05) is 6.54 Å². The summed E-state index contributed by atoms with van der Waals surface area (Å²) in [6.07, 6.45) is -2.63. The summed E-state index contributed by atoms with van der Waals surface area (Å²) in [6, 6.07) is 3.72. The molecule has 0 atom stereocenters. The van der Waals surface area contributed by atoms with Gasteiger partial charge in [0.05, 0.1) is 16.3 Å². The molecule has 0 aliphatic rings. The van der Waals surface area contributed by atoms with Gasteiger partial charge >= 0.3 is 12.1 Å². The predicted molar refractivity (Wildman–Crippen MR) is 89.7 cm³/mol. The van der Waals surface area contributed by atoms with E-state index in [9.17, 15) is 22.8 Å². The monoisotopic (exact) mass is 386 g/mol. The number of rotatable bonds is 7. The fraction of sp³-hybridized carbons (Fsp3) is 0.353. The second-order valence-corrected chi connectivity index (χ2v) is 6.34. The van der Waals surface area contributed by atoms with Gasteiger partial charge in [-0.1, -0.05) is 6.92 Å². The van der Waals surface area contributed by atoms with Gasteiger partial charge in [-0.25, -0.2) is 4.98 Å². The maximum absolute atomic E-state index is 12.5. The van der Waals surface area contributed by atoms with Gasteiger partial charge in [-0.05, 0) is 37.1 Å². The van der Waals surface area contributed by atoms with Crippen molar-refractivity contribution in [1.29, 1.82) is 0 Å².